The molecule has 1 fully saturated rings. The molecule has 2 aromatic heterocycles. The van der Waals surface area contributed by atoms with Crippen LogP contribution in [-0.2, 0) is 4.74 Å². The number of fused-ring (bicyclic) bond motifs is 1. The molecule has 0 bridgehead atoms. The molecular weight excluding hydrogens is 286 g/mol. The first-order chi connectivity index (χ1) is 9.54. The van der Waals surface area contributed by atoms with Crippen LogP contribution in [0.15, 0.2) is 6.33 Å². The molecule has 3 heterocycles. The van der Waals surface area contributed by atoms with Crippen LogP contribution in [0.5, 0.6) is 0 Å². The van der Waals surface area contributed by atoms with Crippen molar-refractivity contribution in [2.24, 2.45) is 0 Å². The average Bonchev–Trinajstić information content (AvgIpc) is 2.90. The molecule has 1 saturated heterocycles. The van der Waals surface area contributed by atoms with Gasteiger partial charge in [0.2, 0.25) is 0 Å². The summed E-state index contributed by atoms with van der Waals surface area (Å²) < 4.78 is 7.07. The van der Waals surface area contributed by atoms with E-state index in [0.29, 0.717) is 11.2 Å². The fourth-order valence-corrected chi connectivity index (χ4v) is 2.58. The number of rotatable bonds is 2. The summed E-state index contributed by atoms with van der Waals surface area (Å²) in [5, 5.41) is 28.9. The number of aromatic nitrogens is 4. The Hall–Kier alpha value is -1.59. The van der Waals surface area contributed by atoms with Crippen molar-refractivity contribution in [3.63, 3.8) is 0 Å². The lowest BCUT2D eigenvalue weighted by molar-refractivity contribution is -0.0517. The lowest BCUT2D eigenvalue weighted by atomic mass is 10.1. The quantitative estimate of drug-likeness (QED) is 0.430. The molecule has 108 valence electrons. The van der Waals surface area contributed by atoms with E-state index in [4.69, 9.17) is 27.8 Å². The van der Waals surface area contributed by atoms with Gasteiger partial charge in [-0.2, -0.15) is 0 Å². The zero-order chi connectivity index (χ0) is 14.4. The van der Waals surface area contributed by atoms with Gasteiger partial charge in [0.1, 0.15) is 30.2 Å². The second-order valence-corrected chi connectivity index (χ2v) is 4.87. The van der Waals surface area contributed by atoms with E-state index in [2.05, 4.69) is 15.0 Å². The van der Waals surface area contributed by atoms with Crippen LogP contribution < -0.4 is 5.73 Å². The summed E-state index contributed by atoms with van der Waals surface area (Å²) in [6.45, 7) is -0.415. The highest BCUT2D eigenvalue weighted by Crippen LogP contribution is 2.32. The summed E-state index contributed by atoms with van der Waals surface area (Å²) >= 11 is 5.16. The van der Waals surface area contributed by atoms with Crippen LogP contribution >= 0.6 is 12.2 Å². The number of hydrogen-bond acceptors (Lipinski definition) is 8. The van der Waals surface area contributed by atoms with E-state index in [-0.39, 0.29) is 10.6 Å². The number of nitrogens with zero attached hydrogens (tertiary/aromatic N) is 3. The monoisotopic (exact) mass is 299 g/mol. The Bertz CT molecular complexity index is 701. The Morgan fingerprint density at radius 1 is 1.40 bits per heavy atom. The van der Waals surface area contributed by atoms with Gasteiger partial charge < -0.3 is 30.8 Å². The van der Waals surface area contributed by atoms with Crippen LogP contribution in [0.4, 0.5) is 5.82 Å². The van der Waals surface area contributed by atoms with Gasteiger partial charge in [-0.15, -0.1) is 0 Å². The molecule has 9 nitrogen and oxygen atoms in total. The summed E-state index contributed by atoms with van der Waals surface area (Å²) in [4.78, 5) is 10.7. The predicted octanol–water partition coefficient (Wildman–Crippen LogP) is -1.32. The number of nitrogen functional groups attached to an aromatic ring is 1. The Balaban J connectivity index is 2.14. The number of H-pyrrole nitrogens is 1. The number of imidazole rings is 1. The van der Waals surface area contributed by atoms with E-state index >= 15 is 0 Å². The van der Waals surface area contributed by atoms with E-state index in [0.717, 1.165) is 0 Å². The molecule has 20 heavy (non-hydrogen) atoms. The Labute approximate surface area is 117 Å². The summed E-state index contributed by atoms with van der Waals surface area (Å²) in [6.07, 6.45) is -3.04. The Morgan fingerprint density at radius 2 is 2.15 bits per heavy atom. The van der Waals surface area contributed by atoms with E-state index in [1.165, 1.54) is 10.9 Å². The zero-order valence-corrected chi connectivity index (χ0v) is 11.0. The maximum absolute atomic E-state index is 10.0. The average molecular weight is 299 g/mol. The molecule has 6 N–H and O–H groups in total. The number of anilines is 1. The molecule has 0 aromatic carbocycles. The minimum Gasteiger partial charge on any atom is -0.394 e. The molecule has 1 aliphatic rings. The highest BCUT2D eigenvalue weighted by Gasteiger charge is 2.44. The minimum absolute atomic E-state index is 0.214. The van der Waals surface area contributed by atoms with Crippen molar-refractivity contribution in [2.45, 2.75) is 24.5 Å². The van der Waals surface area contributed by atoms with Crippen LogP contribution in [0.3, 0.4) is 0 Å². The highest BCUT2D eigenvalue weighted by molar-refractivity contribution is 7.71. The van der Waals surface area contributed by atoms with Crippen LogP contribution in [-0.4, -0.2) is 59.8 Å². The predicted molar refractivity (Wildman–Crippen MR) is 70.1 cm³/mol. The zero-order valence-electron chi connectivity index (χ0n) is 10.2. The number of hydrogen-bond donors (Lipinski definition) is 5. The fourth-order valence-electron chi connectivity index (χ4n) is 2.28. The van der Waals surface area contributed by atoms with Crippen molar-refractivity contribution in [1.29, 1.82) is 0 Å². The maximum Gasteiger partial charge on any atom is 0.181 e. The third-order valence-electron chi connectivity index (χ3n) is 3.31. The van der Waals surface area contributed by atoms with Gasteiger partial charge in [-0.1, -0.05) is 0 Å². The molecule has 0 saturated carbocycles. The maximum atomic E-state index is 10.0. The smallest absolute Gasteiger partial charge is 0.181 e. The van der Waals surface area contributed by atoms with Crippen molar-refractivity contribution >= 4 is 29.2 Å². The normalized spacial score (nSPS) is 30.1. The van der Waals surface area contributed by atoms with Gasteiger partial charge in [0.15, 0.2) is 22.5 Å². The largest absolute Gasteiger partial charge is 0.394 e. The number of nitrogens with one attached hydrogen (secondary N) is 1. The number of aromatic amines is 1. The fraction of sp³-hybridized carbons (Fsp3) is 0.500. The van der Waals surface area contributed by atoms with Crippen LogP contribution in [0.1, 0.15) is 6.23 Å². The third kappa shape index (κ3) is 1.81. The minimum atomic E-state index is -1.24. The van der Waals surface area contributed by atoms with Gasteiger partial charge in [-0.05, 0) is 12.2 Å². The van der Waals surface area contributed by atoms with E-state index in [9.17, 15) is 10.2 Å². The van der Waals surface area contributed by atoms with Crippen molar-refractivity contribution in [3.05, 3.63) is 11.1 Å². The molecule has 10 heteroatoms. The van der Waals surface area contributed by atoms with Crippen LogP contribution in [0.2, 0.25) is 0 Å². The summed E-state index contributed by atoms with van der Waals surface area (Å²) in [5.41, 5.74) is 6.50. The Morgan fingerprint density at radius 3 is 2.80 bits per heavy atom. The highest BCUT2D eigenvalue weighted by atomic mass is 32.1. The number of aliphatic hydroxyl groups is 3. The lowest BCUT2D eigenvalue weighted by Gasteiger charge is -2.16. The molecule has 0 aliphatic carbocycles. The second-order valence-electron chi connectivity index (χ2n) is 4.49. The topological polar surface area (TPSA) is 142 Å². The van der Waals surface area contributed by atoms with Gasteiger partial charge >= 0.3 is 0 Å². The van der Waals surface area contributed by atoms with E-state index in [1.54, 1.807) is 0 Å². The van der Waals surface area contributed by atoms with Crippen LogP contribution in [0.25, 0.3) is 11.2 Å². The van der Waals surface area contributed by atoms with Crippen LogP contribution in [0, 0.1) is 4.77 Å². The van der Waals surface area contributed by atoms with Gasteiger partial charge in [0.25, 0.3) is 0 Å². The van der Waals surface area contributed by atoms with Crippen molar-refractivity contribution < 1.29 is 20.1 Å². The van der Waals surface area contributed by atoms with E-state index in [1.807, 2.05) is 0 Å². The molecule has 1 unspecified atom stereocenters. The standard InChI is InChI=1S/C10H13N5O4S/c11-7-4-8(13-2-12-7)15(10(20)14-4)9-6(18)5(17)3(1-16)19-9/h2-3,5-6,9,16-18H,1H2,(H,14,20)(H2,11,12,13)/t3-,5?,6+,9-/m1/s1. The summed E-state index contributed by atoms with van der Waals surface area (Å²) in [5.74, 6) is 0.214. The van der Waals surface area contributed by atoms with E-state index < -0.39 is 31.1 Å². The summed E-state index contributed by atoms with van der Waals surface area (Å²) in [6, 6.07) is 0. The van der Waals surface area contributed by atoms with Crippen molar-refractivity contribution in [3.8, 4) is 0 Å². The molecule has 0 radical (unpaired) electrons. The molecule has 4 atom stereocenters. The first kappa shape index (κ1) is 13.4. The van der Waals surface area contributed by atoms with Crippen molar-refractivity contribution in [2.75, 3.05) is 12.3 Å². The van der Waals surface area contributed by atoms with Gasteiger partial charge in [0.05, 0.1) is 6.61 Å². The van der Waals surface area contributed by atoms with Gasteiger partial charge in [-0.25, -0.2) is 9.97 Å². The molecule has 3 rings (SSSR count). The Kier molecular flexibility index (Phi) is 3.18. The summed E-state index contributed by atoms with van der Waals surface area (Å²) in [7, 11) is 0. The van der Waals surface area contributed by atoms with Crippen molar-refractivity contribution in [1.82, 2.24) is 19.5 Å². The van der Waals surface area contributed by atoms with Gasteiger partial charge in [-0.3, -0.25) is 4.57 Å². The van der Waals surface area contributed by atoms with Gasteiger partial charge in [0, 0.05) is 0 Å². The molecular formula is C10H13N5O4S. The number of aliphatic hydroxyl groups excluding tert-OH is 3. The first-order valence-electron chi connectivity index (χ1n) is 5.87. The molecule has 0 spiro atoms. The first-order valence-corrected chi connectivity index (χ1v) is 6.28. The lowest BCUT2D eigenvalue weighted by Crippen LogP contribution is -2.33. The molecule has 1 aliphatic heterocycles. The molecule has 0 amide bonds. The SMILES string of the molecule is Nc1ncnc2c1[nH]c(=S)n2[C@@H]1O[C@H](CO)C(O)[C@@H]1O. The second kappa shape index (κ2) is 4.75. The number of nitrogens with two attached hydrogens (primary N) is 1. The third-order valence-corrected chi connectivity index (χ3v) is 3.61. The molecule has 2 aromatic rings. The number of ether oxygens (including phenoxy) is 1.